The van der Waals surface area contributed by atoms with Crippen molar-refractivity contribution in [1.82, 2.24) is 15.5 Å². The number of halogens is 1. The molecule has 0 saturated heterocycles. The van der Waals surface area contributed by atoms with E-state index >= 15 is 0 Å². The first-order chi connectivity index (χ1) is 12.1. The van der Waals surface area contributed by atoms with Gasteiger partial charge in [0.15, 0.2) is 4.34 Å². The Labute approximate surface area is 158 Å². The van der Waals surface area contributed by atoms with Gasteiger partial charge in [0.1, 0.15) is 0 Å². The summed E-state index contributed by atoms with van der Waals surface area (Å²) in [6.45, 7) is 0. The minimum absolute atomic E-state index is 0.0948. The van der Waals surface area contributed by atoms with Crippen molar-refractivity contribution in [2.24, 2.45) is 0 Å². The van der Waals surface area contributed by atoms with E-state index in [0.29, 0.717) is 14.5 Å². The summed E-state index contributed by atoms with van der Waals surface area (Å²) in [5.74, 6) is 0.147. The molecular formula is C17H15ClN4OS2. The first-order valence-corrected chi connectivity index (χ1v) is 9.61. The zero-order valence-electron chi connectivity index (χ0n) is 13.1. The Morgan fingerprint density at radius 2 is 1.80 bits per heavy atom. The number of aromatic nitrogens is 2. The number of amides is 1. The maximum atomic E-state index is 12.4. The molecule has 25 heavy (non-hydrogen) atoms. The second-order valence-corrected chi connectivity index (χ2v) is 7.83. The van der Waals surface area contributed by atoms with Gasteiger partial charge in [-0.15, -0.1) is 10.2 Å². The lowest BCUT2D eigenvalue weighted by atomic mass is 9.99. The van der Waals surface area contributed by atoms with Crippen molar-refractivity contribution in [3.63, 3.8) is 0 Å². The molecule has 1 amide bonds. The molecule has 0 aliphatic heterocycles. The lowest BCUT2D eigenvalue weighted by Gasteiger charge is -2.20. The van der Waals surface area contributed by atoms with E-state index in [2.05, 4.69) is 15.5 Å². The van der Waals surface area contributed by atoms with Gasteiger partial charge >= 0.3 is 0 Å². The molecule has 8 heteroatoms. The van der Waals surface area contributed by atoms with Gasteiger partial charge in [0.25, 0.3) is 0 Å². The van der Waals surface area contributed by atoms with Crippen molar-refractivity contribution in [2.45, 2.75) is 10.4 Å². The van der Waals surface area contributed by atoms with E-state index in [1.807, 2.05) is 54.6 Å². The first kappa shape index (κ1) is 17.7. The summed E-state index contributed by atoms with van der Waals surface area (Å²) in [5.41, 5.74) is 7.52. The number of nitrogens with one attached hydrogen (secondary N) is 1. The number of rotatable bonds is 6. The van der Waals surface area contributed by atoms with Crippen LogP contribution < -0.4 is 11.1 Å². The third-order valence-corrected chi connectivity index (χ3v) is 5.53. The van der Waals surface area contributed by atoms with Crippen molar-refractivity contribution >= 4 is 45.7 Å². The third-order valence-electron chi connectivity index (χ3n) is 3.39. The van der Waals surface area contributed by atoms with Crippen LogP contribution >= 0.6 is 34.7 Å². The lowest BCUT2D eigenvalue weighted by molar-refractivity contribution is -0.119. The molecule has 3 aromatic rings. The smallest absolute Gasteiger partial charge is 0.231 e. The second kappa shape index (κ2) is 8.33. The van der Waals surface area contributed by atoms with Crippen LogP contribution in [0, 0.1) is 0 Å². The fourth-order valence-corrected chi connectivity index (χ4v) is 3.84. The van der Waals surface area contributed by atoms with Crippen LogP contribution in [-0.2, 0) is 4.79 Å². The predicted octanol–water partition coefficient (Wildman–Crippen LogP) is 3.77. The maximum absolute atomic E-state index is 12.4. The summed E-state index contributed by atoms with van der Waals surface area (Å²) in [5, 5.41) is 11.8. The Hall–Kier alpha value is -2.09. The summed E-state index contributed by atoms with van der Waals surface area (Å²) in [6.07, 6.45) is 0. The van der Waals surface area contributed by atoms with Crippen LogP contribution in [0.25, 0.3) is 0 Å². The quantitative estimate of drug-likeness (QED) is 0.626. The van der Waals surface area contributed by atoms with Gasteiger partial charge in [-0.2, -0.15) is 0 Å². The van der Waals surface area contributed by atoms with E-state index in [1.165, 1.54) is 23.1 Å². The van der Waals surface area contributed by atoms with Crippen molar-refractivity contribution in [3.8, 4) is 0 Å². The fourth-order valence-electron chi connectivity index (χ4n) is 2.27. The molecule has 0 radical (unpaired) electrons. The number of nitrogen functional groups attached to an aromatic ring is 1. The highest BCUT2D eigenvalue weighted by Crippen LogP contribution is 2.26. The number of nitrogens with zero attached hydrogens (tertiary/aromatic N) is 2. The zero-order chi connectivity index (χ0) is 17.6. The molecule has 0 spiro atoms. The summed E-state index contributed by atoms with van der Waals surface area (Å²) >= 11 is 8.56. The molecule has 0 saturated carbocycles. The van der Waals surface area contributed by atoms with Gasteiger partial charge in [-0.25, -0.2) is 0 Å². The molecule has 0 fully saturated rings. The normalized spacial score (nSPS) is 11.9. The molecule has 1 aromatic heterocycles. The molecule has 0 bridgehead atoms. The average Bonchev–Trinajstić information content (AvgIpc) is 3.05. The standard InChI is InChI=1S/C17H15ClN4OS2/c18-13-8-6-12(7-9-13)15(11-4-2-1-3-5-11)20-14(23)10-24-17-22-21-16(19)25-17/h1-9,15H,10H2,(H2,19,21)(H,20,23). The SMILES string of the molecule is Nc1nnc(SCC(=O)NC(c2ccccc2)c2ccc(Cl)cc2)s1. The number of hydrogen-bond donors (Lipinski definition) is 2. The van der Waals surface area contributed by atoms with Gasteiger partial charge < -0.3 is 11.1 Å². The topological polar surface area (TPSA) is 80.9 Å². The van der Waals surface area contributed by atoms with E-state index in [0.717, 1.165) is 11.1 Å². The Kier molecular flexibility index (Phi) is 5.91. The van der Waals surface area contributed by atoms with E-state index in [-0.39, 0.29) is 17.7 Å². The van der Waals surface area contributed by atoms with Crippen LogP contribution in [-0.4, -0.2) is 21.9 Å². The summed E-state index contributed by atoms with van der Waals surface area (Å²) < 4.78 is 0.676. The molecule has 3 rings (SSSR count). The van der Waals surface area contributed by atoms with Crippen molar-refractivity contribution < 1.29 is 4.79 Å². The monoisotopic (exact) mass is 390 g/mol. The summed E-state index contributed by atoms with van der Waals surface area (Å²) in [7, 11) is 0. The van der Waals surface area contributed by atoms with Gasteiger partial charge in [-0.3, -0.25) is 4.79 Å². The Bertz CT molecular complexity index is 839. The van der Waals surface area contributed by atoms with Gasteiger partial charge in [0.2, 0.25) is 11.0 Å². The van der Waals surface area contributed by atoms with Crippen molar-refractivity contribution in [3.05, 3.63) is 70.7 Å². The number of nitrogens with two attached hydrogens (primary N) is 1. The van der Waals surface area contributed by atoms with Crippen LogP contribution in [0.3, 0.4) is 0 Å². The van der Waals surface area contributed by atoms with Crippen LogP contribution in [0.1, 0.15) is 17.2 Å². The van der Waals surface area contributed by atoms with E-state index in [4.69, 9.17) is 17.3 Å². The van der Waals surface area contributed by atoms with Gasteiger partial charge in [-0.05, 0) is 23.3 Å². The molecule has 0 aliphatic carbocycles. The third kappa shape index (κ3) is 4.94. The molecule has 3 N–H and O–H groups in total. The van der Waals surface area contributed by atoms with Gasteiger partial charge in [0, 0.05) is 5.02 Å². The van der Waals surface area contributed by atoms with E-state index < -0.39 is 0 Å². The first-order valence-electron chi connectivity index (χ1n) is 7.43. The minimum Gasteiger partial charge on any atom is -0.374 e. The Morgan fingerprint density at radius 1 is 1.12 bits per heavy atom. The number of benzene rings is 2. The highest BCUT2D eigenvalue weighted by atomic mass is 35.5. The van der Waals surface area contributed by atoms with Gasteiger partial charge in [0.05, 0.1) is 11.8 Å². The van der Waals surface area contributed by atoms with Gasteiger partial charge in [-0.1, -0.05) is 77.2 Å². The van der Waals surface area contributed by atoms with E-state index in [9.17, 15) is 4.79 Å². The molecular weight excluding hydrogens is 376 g/mol. The largest absolute Gasteiger partial charge is 0.374 e. The van der Waals surface area contributed by atoms with E-state index in [1.54, 1.807) is 0 Å². The number of carbonyl (C=O) groups is 1. The number of carbonyl (C=O) groups excluding carboxylic acids is 1. The van der Waals surface area contributed by atoms with Crippen LogP contribution in [0.4, 0.5) is 5.13 Å². The zero-order valence-corrected chi connectivity index (χ0v) is 15.4. The van der Waals surface area contributed by atoms with Crippen molar-refractivity contribution in [1.29, 1.82) is 0 Å². The highest BCUT2D eigenvalue weighted by molar-refractivity contribution is 8.01. The average molecular weight is 391 g/mol. The predicted molar refractivity (Wildman–Crippen MR) is 103 cm³/mol. The molecule has 5 nitrogen and oxygen atoms in total. The minimum atomic E-state index is -0.244. The number of anilines is 1. The number of hydrogen-bond acceptors (Lipinski definition) is 6. The second-order valence-electron chi connectivity index (χ2n) is 5.16. The maximum Gasteiger partial charge on any atom is 0.231 e. The molecule has 0 aliphatic rings. The van der Waals surface area contributed by atoms with Crippen LogP contribution in [0.15, 0.2) is 58.9 Å². The molecule has 128 valence electrons. The molecule has 1 atom stereocenters. The Morgan fingerprint density at radius 3 is 2.44 bits per heavy atom. The molecule has 1 unspecified atom stereocenters. The van der Waals surface area contributed by atoms with Crippen LogP contribution in [0.5, 0.6) is 0 Å². The fraction of sp³-hybridized carbons (Fsp3) is 0.118. The summed E-state index contributed by atoms with van der Waals surface area (Å²) in [6, 6.07) is 17.0. The molecule has 2 aromatic carbocycles. The van der Waals surface area contributed by atoms with Crippen LogP contribution in [0.2, 0.25) is 5.02 Å². The lowest BCUT2D eigenvalue weighted by Crippen LogP contribution is -2.30. The number of thioether (sulfide) groups is 1. The van der Waals surface area contributed by atoms with Crippen molar-refractivity contribution in [2.75, 3.05) is 11.5 Å². The molecule has 1 heterocycles. The Balaban J connectivity index is 1.73. The summed E-state index contributed by atoms with van der Waals surface area (Å²) in [4.78, 5) is 12.4. The highest BCUT2D eigenvalue weighted by Gasteiger charge is 2.17.